The van der Waals surface area contributed by atoms with Crippen molar-refractivity contribution >= 4 is 17.6 Å². The molecule has 1 saturated heterocycles. The highest BCUT2D eigenvalue weighted by atomic mass is 16.6. The molecular formula is C23H32N2O5. The van der Waals surface area contributed by atoms with Gasteiger partial charge in [-0.2, -0.15) is 5.26 Å². The average molecular weight is 417 g/mol. The van der Waals surface area contributed by atoms with Crippen molar-refractivity contribution in [2.75, 3.05) is 24.6 Å². The number of carbonyl (C=O) groups excluding carboxylic acids is 2. The van der Waals surface area contributed by atoms with Crippen molar-refractivity contribution in [3.63, 3.8) is 0 Å². The van der Waals surface area contributed by atoms with Gasteiger partial charge < -0.3 is 19.1 Å². The third-order valence-electron chi connectivity index (χ3n) is 4.75. The number of carbonyl (C=O) groups is 2. The van der Waals surface area contributed by atoms with Gasteiger partial charge in [0.2, 0.25) is 0 Å². The lowest BCUT2D eigenvalue weighted by Gasteiger charge is -2.34. The lowest BCUT2D eigenvalue weighted by atomic mass is 9.97. The van der Waals surface area contributed by atoms with E-state index in [0.717, 1.165) is 25.1 Å². The molecule has 164 valence electrons. The molecule has 1 atom stereocenters. The molecule has 1 aromatic carbocycles. The summed E-state index contributed by atoms with van der Waals surface area (Å²) in [5.74, 6) is -0.566. The molecule has 0 spiro atoms. The Morgan fingerprint density at radius 1 is 1.23 bits per heavy atom. The lowest BCUT2D eigenvalue weighted by Crippen LogP contribution is -2.43. The fraction of sp³-hybridized carbons (Fsp3) is 0.609. The van der Waals surface area contributed by atoms with Crippen LogP contribution in [0.3, 0.4) is 0 Å². The van der Waals surface area contributed by atoms with Gasteiger partial charge in [-0.1, -0.05) is 0 Å². The zero-order valence-corrected chi connectivity index (χ0v) is 18.8. The van der Waals surface area contributed by atoms with E-state index >= 15 is 0 Å². The third-order valence-corrected chi connectivity index (χ3v) is 4.75. The fourth-order valence-electron chi connectivity index (χ4n) is 3.27. The fourth-order valence-corrected chi connectivity index (χ4v) is 3.27. The van der Waals surface area contributed by atoms with Gasteiger partial charge in [-0.05, 0) is 66.5 Å². The van der Waals surface area contributed by atoms with Crippen LogP contribution >= 0.6 is 0 Å². The topological polar surface area (TPSA) is 88.9 Å². The first-order valence-electron chi connectivity index (χ1n) is 10.3. The van der Waals surface area contributed by atoms with E-state index in [0.29, 0.717) is 24.5 Å². The van der Waals surface area contributed by atoms with E-state index in [9.17, 15) is 14.9 Å². The summed E-state index contributed by atoms with van der Waals surface area (Å²) in [6.45, 7) is 12.1. The van der Waals surface area contributed by atoms with Gasteiger partial charge in [-0.25, -0.2) is 4.79 Å². The van der Waals surface area contributed by atoms with Crippen LogP contribution in [0.2, 0.25) is 0 Å². The molecule has 1 heterocycles. The largest absolute Gasteiger partial charge is 0.475 e. The summed E-state index contributed by atoms with van der Waals surface area (Å²) < 4.78 is 16.6. The molecule has 0 bridgehead atoms. The highest BCUT2D eigenvalue weighted by Crippen LogP contribution is 2.32. The molecule has 0 amide bonds. The first-order valence-corrected chi connectivity index (χ1v) is 10.3. The molecule has 0 N–H and O–H groups in total. The Morgan fingerprint density at radius 3 is 2.53 bits per heavy atom. The Bertz CT molecular complexity index is 820. The second-order valence-electron chi connectivity index (χ2n) is 8.94. The average Bonchev–Trinajstić information content (AvgIpc) is 2.66. The molecule has 0 aliphatic carbocycles. The summed E-state index contributed by atoms with van der Waals surface area (Å²) in [6, 6.07) is 7.36. The van der Waals surface area contributed by atoms with Gasteiger partial charge in [0, 0.05) is 24.8 Å². The van der Waals surface area contributed by atoms with Crippen molar-refractivity contribution in [3.05, 3.63) is 23.8 Å². The Morgan fingerprint density at radius 2 is 1.93 bits per heavy atom. The highest BCUT2D eigenvalue weighted by molar-refractivity contribution is 5.79. The minimum atomic E-state index is -1.27. The molecule has 7 heteroatoms. The van der Waals surface area contributed by atoms with E-state index in [-0.39, 0.29) is 11.9 Å². The van der Waals surface area contributed by atoms with Crippen LogP contribution in [-0.2, 0) is 19.1 Å². The quantitative estimate of drug-likeness (QED) is 0.651. The molecule has 2 rings (SSSR count). The normalized spacial score (nSPS) is 17.1. The van der Waals surface area contributed by atoms with Crippen molar-refractivity contribution in [2.45, 2.75) is 65.6 Å². The maximum atomic E-state index is 12.6. The van der Waals surface area contributed by atoms with Gasteiger partial charge in [0.05, 0.1) is 18.1 Å². The number of ether oxygens (including phenoxy) is 3. The van der Waals surface area contributed by atoms with Gasteiger partial charge in [0.1, 0.15) is 17.4 Å². The molecule has 1 aliphatic rings. The Balaban J connectivity index is 2.24. The molecule has 0 aromatic heterocycles. The predicted molar refractivity (Wildman–Crippen MR) is 113 cm³/mol. The number of esters is 2. The SMILES string of the molecule is CCOC(=O)[C@@H]1CCCN(c2ccc(C#N)c(OC(C)(C)C(=O)OC(C)(C)C)c2)C1. The number of nitrogens with zero attached hydrogens (tertiary/aromatic N) is 2. The van der Waals surface area contributed by atoms with Crippen molar-refractivity contribution in [3.8, 4) is 11.8 Å². The Hall–Kier alpha value is -2.75. The van der Waals surface area contributed by atoms with E-state index in [2.05, 4.69) is 11.0 Å². The summed E-state index contributed by atoms with van der Waals surface area (Å²) in [5, 5.41) is 9.49. The van der Waals surface area contributed by atoms with E-state index in [4.69, 9.17) is 14.2 Å². The van der Waals surface area contributed by atoms with Crippen LogP contribution < -0.4 is 9.64 Å². The van der Waals surface area contributed by atoms with Crippen LogP contribution in [0.4, 0.5) is 5.69 Å². The minimum absolute atomic E-state index is 0.182. The highest BCUT2D eigenvalue weighted by Gasteiger charge is 2.36. The molecule has 0 unspecified atom stereocenters. The minimum Gasteiger partial charge on any atom is -0.475 e. The number of benzene rings is 1. The van der Waals surface area contributed by atoms with Crippen LogP contribution in [0.1, 0.15) is 59.9 Å². The zero-order valence-electron chi connectivity index (χ0n) is 18.8. The van der Waals surface area contributed by atoms with Crippen LogP contribution in [0.15, 0.2) is 18.2 Å². The van der Waals surface area contributed by atoms with E-state index in [1.807, 2.05) is 6.07 Å². The second kappa shape index (κ2) is 9.38. The van der Waals surface area contributed by atoms with Gasteiger partial charge in [-0.15, -0.1) is 0 Å². The number of rotatable bonds is 6. The maximum absolute atomic E-state index is 12.6. The molecule has 7 nitrogen and oxygen atoms in total. The van der Waals surface area contributed by atoms with Crippen LogP contribution in [0.5, 0.6) is 5.75 Å². The Kier molecular flexibility index (Phi) is 7.35. The number of nitriles is 1. The molecule has 1 aliphatic heterocycles. The van der Waals surface area contributed by atoms with Gasteiger partial charge in [0.25, 0.3) is 0 Å². The van der Waals surface area contributed by atoms with Crippen LogP contribution in [0.25, 0.3) is 0 Å². The summed E-state index contributed by atoms with van der Waals surface area (Å²) in [5.41, 5.74) is -0.757. The van der Waals surface area contributed by atoms with Gasteiger partial charge >= 0.3 is 11.9 Å². The van der Waals surface area contributed by atoms with Crippen LogP contribution in [0, 0.1) is 17.2 Å². The van der Waals surface area contributed by atoms with Gasteiger partial charge in [-0.3, -0.25) is 4.79 Å². The van der Waals surface area contributed by atoms with Crippen molar-refractivity contribution < 1.29 is 23.8 Å². The summed E-state index contributed by atoms with van der Waals surface area (Å²) in [4.78, 5) is 26.8. The molecule has 0 saturated carbocycles. The number of hydrogen-bond acceptors (Lipinski definition) is 7. The third kappa shape index (κ3) is 6.12. The van der Waals surface area contributed by atoms with Gasteiger partial charge in [0.15, 0.2) is 5.60 Å². The monoisotopic (exact) mass is 416 g/mol. The zero-order chi connectivity index (χ0) is 22.5. The summed E-state index contributed by atoms with van der Waals surface area (Å²) in [7, 11) is 0. The van der Waals surface area contributed by atoms with Crippen molar-refractivity contribution in [1.29, 1.82) is 5.26 Å². The van der Waals surface area contributed by atoms with E-state index < -0.39 is 17.2 Å². The van der Waals surface area contributed by atoms with Crippen molar-refractivity contribution in [2.24, 2.45) is 5.92 Å². The smallest absolute Gasteiger partial charge is 0.350 e. The molecule has 1 fully saturated rings. The molecule has 1 aromatic rings. The predicted octanol–water partition coefficient (Wildman–Crippen LogP) is 3.84. The Labute approximate surface area is 178 Å². The van der Waals surface area contributed by atoms with Crippen molar-refractivity contribution in [1.82, 2.24) is 0 Å². The number of piperidine rings is 1. The second-order valence-corrected chi connectivity index (χ2v) is 8.94. The first kappa shape index (κ1) is 23.5. The van der Waals surface area contributed by atoms with E-state index in [1.54, 1.807) is 53.7 Å². The van der Waals surface area contributed by atoms with Crippen LogP contribution in [-0.4, -0.2) is 42.8 Å². The van der Waals surface area contributed by atoms with E-state index in [1.165, 1.54) is 0 Å². The molecule has 30 heavy (non-hydrogen) atoms. The molecule has 0 radical (unpaired) electrons. The summed E-state index contributed by atoms with van der Waals surface area (Å²) in [6.07, 6.45) is 1.66. The standard InChI is InChI=1S/C23H32N2O5/c1-7-28-20(26)17-9-8-12-25(15-17)18-11-10-16(14-24)19(13-18)29-23(5,6)21(27)30-22(2,3)4/h10-11,13,17H,7-9,12,15H2,1-6H3/t17-/m1/s1. The number of hydrogen-bond donors (Lipinski definition) is 0. The molecular weight excluding hydrogens is 384 g/mol. The number of anilines is 1. The summed E-state index contributed by atoms with van der Waals surface area (Å²) >= 11 is 0. The lowest BCUT2D eigenvalue weighted by molar-refractivity contribution is -0.171. The first-order chi connectivity index (χ1) is 14.0. The maximum Gasteiger partial charge on any atom is 0.350 e.